The smallest absolute Gasteiger partial charge is 0.481 e. The van der Waals surface area contributed by atoms with Crippen LogP contribution in [0.2, 0.25) is 0 Å². The zero-order valence-corrected chi connectivity index (χ0v) is 12.6. The molecule has 0 aliphatic heterocycles. The van der Waals surface area contributed by atoms with Crippen LogP contribution in [0.4, 0.5) is 0 Å². The number of carbonyl (C=O) groups is 2. The fourth-order valence-corrected chi connectivity index (χ4v) is 1.94. The molecule has 0 spiro atoms. The maximum absolute atomic E-state index is 9.64. The number of carboxylic acid groups (broad SMARTS) is 2. The average Bonchev–Trinajstić information content (AvgIpc) is 2.28. The maximum atomic E-state index is 9.64. The van der Waals surface area contributed by atoms with Gasteiger partial charge in [0.1, 0.15) is 0 Å². The van der Waals surface area contributed by atoms with Gasteiger partial charge in [0.05, 0.1) is 12.8 Å². The summed E-state index contributed by atoms with van der Waals surface area (Å²) in [6.45, 7) is 7.02. The molecule has 0 bridgehead atoms. The molecule has 0 amide bonds. The van der Waals surface area contributed by atoms with Gasteiger partial charge in [0.25, 0.3) is 0 Å². The van der Waals surface area contributed by atoms with Gasteiger partial charge >= 0.3 is 30.8 Å². The molecule has 2 N–H and O–H groups in total. The van der Waals surface area contributed by atoms with Crippen molar-refractivity contribution in [3.05, 3.63) is 6.42 Å². The van der Waals surface area contributed by atoms with Gasteiger partial charge in [-0.15, -0.1) is 0 Å². The van der Waals surface area contributed by atoms with Crippen LogP contribution in [0.5, 0.6) is 0 Å². The van der Waals surface area contributed by atoms with Crippen molar-refractivity contribution in [3.8, 4) is 0 Å². The Balaban J connectivity index is 0. The summed E-state index contributed by atoms with van der Waals surface area (Å²) < 4.78 is 0. The zero-order chi connectivity index (χ0) is 14.1. The first-order valence-corrected chi connectivity index (χ1v) is 6.59. The van der Waals surface area contributed by atoms with E-state index < -0.39 is 11.9 Å². The summed E-state index contributed by atoms with van der Waals surface area (Å²) in [6, 6.07) is 0. The third kappa shape index (κ3) is 12.3. The van der Waals surface area contributed by atoms with E-state index in [4.69, 9.17) is 10.2 Å². The number of aliphatic carboxylic acids is 2. The van der Waals surface area contributed by atoms with Crippen molar-refractivity contribution >= 4 is 11.9 Å². The van der Waals surface area contributed by atoms with Crippen molar-refractivity contribution in [2.45, 2.75) is 52.9 Å². The molecule has 1 saturated carbocycles. The summed E-state index contributed by atoms with van der Waals surface area (Å²) in [5.74, 6) is 0.582. The van der Waals surface area contributed by atoms with Crippen molar-refractivity contribution < 1.29 is 38.7 Å². The second kappa shape index (κ2) is 11.4. The molecule has 4 nitrogen and oxygen atoms in total. The fourth-order valence-electron chi connectivity index (χ4n) is 1.94. The van der Waals surface area contributed by atoms with Gasteiger partial charge in [0.15, 0.2) is 0 Å². The molecule has 0 aromatic rings. The van der Waals surface area contributed by atoms with Crippen LogP contribution in [0.1, 0.15) is 52.9 Å². The third-order valence-electron chi connectivity index (χ3n) is 3.24. The van der Waals surface area contributed by atoms with E-state index in [-0.39, 0.29) is 31.7 Å². The molecule has 0 aromatic heterocycles. The zero-order valence-electron chi connectivity index (χ0n) is 12.6. The molecule has 19 heavy (non-hydrogen) atoms. The predicted molar refractivity (Wildman–Crippen MR) is 70.1 cm³/mol. The quantitative estimate of drug-likeness (QED) is 0.563. The Morgan fingerprint density at radius 2 is 1.63 bits per heavy atom. The third-order valence-corrected chi connectivity index (χ3v) is 3.24. The van der Waals surface area contributed by atoms with Crippen LogP contribution >= 0.6 is 0 Å². The summed E-state index contributed by atoms with van der Waals surface area (Å²) >= 11 is 0. The molecule has 0 heterocycles. The normalized spacial score (nSPS) is 21.9. The fraction of sp³-hybridized carbons (Fsp3) is 0.786. The summed E-state index contributed by atoms with van der Waals surface area (Å²) in [4.78, 5) is 19.3. The van der Waals surface area contributed by atoms with Gasteiger partial charge in [-0.25, -0.2) is 0 Å². The van der Waals surface area contributed by atoms with E-state index in [2.05, 4.69) is 27.2 Å². The van der Waals surface area contributed by atoms with Crippen molar-refractivity contribution in [2.75, 3.05) is 0 Å². The molecule has 106 valence electrons. The van der Waals surface area contributed by atoms with E-state index in [9.17, 15) is 9.59 Å². The minimum atomic E-state index is -1.08. The molecule has 5 heteroatoms. The Kier molecular flexibility index (Phi) is 12.5. The molecule has 1 fully saturated rings. The van der Waals surface area contributed by atoms with Crippen LogP contribution in [0.3, 0.4) is 0 Å². The van der Waals surface area contributed by atoms with Crippen molar-refractivity contribution in [1.29, 1.82) is 0 Å². The van der Waals surface area contributed by atoms with Gasteiger partial charge in [0, 0.05) is 0 Å². The van der Waals surface area contributed by atoms with Crippen molar-refractivity contribution in [3.63, 3.8) is 0 Å². The van der Waals surface area contributed by atoms with Crippen LogP contribution < -0.4 is 18.9 Å². The van der Waals surface area contributed by atoms with Gasteiger partial charge in [-0.2, -0.15) is 12.3 Å². The second-order valence-corrected chi connectivity index (χ2v) is 5.35. The predicted octanol–water partition coefficient (Wildman–Crippen LogP) is 0.223. The second-order valence-electron chi connectivity index (χ2n) is 5.35. The largest absolute Gasteiger partial charge is 1.00 e. The summed E-state index contributed by atoms with van der Waals surface area (Å²) in [6.07, 6.45) is 6.16. The summed E-state index contributed by atoms with van der Waals surface area (Å²) in [7, 11) is 0. The molecule has 1 aliphatic carbocycles. The number of hydrogen-bond acceptors (Lipinski definition) is 2. The van der Waals surface area contributed by atoms with E-state index >= 15 is 0 Å². The molecule has 0 aromatic carbocycles. The molecular weight excluding hydrogens is 239 g/mol. The SMILES string of the molecule is CC1C[CH-]C(C(C)C)CC1.O=C(O)CCC(=O)O.[Li+]. The monoisotopic (exact) mass is 264 g/mol. The first-order chi connectivity index (χ1) is 8.32. The number of hydrogen-bond donors (Lipinski definition) is 2. The van der Waals surface area contributed by atoms with Gasteiger partial charge in [0.2, 0.25) is 0 Å². The number of rotatable bonds is 4. The van der Waals surface area contributed by atoms with Crippen LogP contribution in [0.25, 0.3) is 0 Å². The molecule has 0 radical (unpaired) electrons. The maximum Gasteiger partial charge on any atom is 1.00 e. The Morgan fingerprint density at radius 1 is 1.16 bits per heavy atom. The molecule has 0 saturated heterocycles. The van der Waals surface area contributed by atoms with Crippen molar-refractivity contribution in [1.82, 2.24) is 0 Å². The van der Waals surface area contributed by atoms with E-state index in [0.29, 0.717) is 0 Å². The van der Waals surface area contributed by atoms with E-state index in [1.807, 2.05) is 0 Å². The van der Waals surface area contributed by atoms with E-state index in [1.54, 1.807) is 0 Å². The van der Waals surface area contributed by atoms with Gasteiger partial charge < -0.3 is 16.6 Å². The molecular formula is C14H25LiO4. The first-order valence-electron chi connectivity index (χ1n) is 6.59. The van der Waals surface area contributed by atoms with Crippen LogP contribution in [-0.4, -0.2) is 22.2 Å². The van der Waals surface area contributed by atoms with Gasteiger partial charge in [-0.3, -0.25) is 9.59 Å². The van der Waals surface area contributed by atoms with E-state index in [1.165, 1.54) is 19.3 Å². The number of carboxylic acids is 2. The Bertz CT molecular complexity index is 244. The molecule has 2 atom stereocenters. The van der Waals surface area contributed by atoms with Crippen molar-refractivity contribution in [2.24, 2.45) is 17.8 Å². The minimum absolute atomic E-state index is 0. The summed E-state index contributed by atoms with van der Waals surface area (Å²) in [5.41, 5.74) is 0. The Labute approximate surface area is 128 Å². The molecule has 1 rings (SSSR count). The van der Waals surface area contributed by atoms with Crippen LogP contribution in [-0.2, 0) is 9.59 Å². The minimum Gasteiger partial charge on any atom is -0.481 e. The summed E-state index contributed by atoms with van der Waals surface area (Å²) in [5, 5.41) is 15.8. The Hall–Kier alpha value is -0.463. The van der Waals surface area contributed by atoms with Gasteiger partial charge in [-0.05, 0) is 0 Å². The van der Waals surface area contributed by atoms with E-state index in [0.717, 1.165) is 17.8 Å². The average molecular weight is 264 g/mol. The van der Waals surface area contributed by atoms with Crippen LogP contribution in [0, 0.1) is 24.2 Å². The Morgan fingerprint density at radius 3 is 1.89 bits per heavy atom. The first kappa shape index (κ1) is 20.8. The topological polar surface area (TPSA) is 74.6 Å². The van der Waals surface area contributed by atoms with Gasteiger partial charge in [-0.1, -0.05) is 45.4 Å². The standard InChI is InChI=1S/C10H19.C4H6O4.Li/c1-8(2)10-6-4-9(3)5-7-10;5-3(6)1-2-4(7)8;/h6,8-10H,4-5,7H2,1-3H3;1-2H2,(H,5,6)(H,7,8);/q-1;;+1. The molecule has 1 aliphatic rings. The molecule has 2 unspecified atom stereocenters. The van der Waals surface area contributed by atoms with Crippen LogP contribution in [0.15, 0.2) is 0 Å².